The van der Waals surface area contributed by atoms with E-state index in [-0.39, 0.29) is 12.5 Å². The number of ether oxygens (including phenoxy) is 1. The van der Waals surface area contributed by atoms with Crippen LogP contribution in [0.3, 0.4) is 0 Å². The molecule has 2 aromatic carbocycles. The van der Waals surface area contributed by atoms with Gasteiger partial charge in [-0.2, -0.15) is 9.50 Å². The van der Waals surface area contributed by atoms with Crippen LogP contribution in [0, 0.1) is 0 Å². The highest BCUT2D eigenvalue weighted by atomic mass is 35.5. The van der Waals surface area contributed by atoms with Crippen molar-refractivity contribution in [2.75, 3.05) is 37.7 Å². The van der Waals surface area contributed by atoms with Crippen LogP contribution in [0.4, 0.5) is 5.95 Å². The predicted molar refractivity (Wildman–Crippen MR) is 132 cm³/mol. The summed E-state index contributed by atoms with van der Waals surface area (Å²) in [4.78, 5) is 25.3. The Morgan fingerprint density at radius 3 is 2.44 bits per heavy atom. The van der Waals surface area contributed by atoms with Crippen LogP contribution < -0.4 is 9.64 Å². The van der Waals surface area contributed by atoms with Crippen LogP contribution in [0.15, 0.2) is 54.7 Å². The van der Waals surface area contributed by atoms with Gasteiger partial charge in [-0.3, -0.25) is 4.79 Å². The van der Waals surface area contributed by atoms with Crippen molar-refractivity contribution in [2.45, 2.75) is 0 Å². The first-order valence-corrected chi connectivity index (χ1v) is 11.7. The van der Waals surface area contributed by atoms with Gasteiger partial charge in [0.2, 0.25) is 5.95 Å². The van der Waals surface area contributed by atoms with E-state index in [2.05, 4.69) is 15.1 Å². The Hall–Kier alpha value is -3.07. The van der Waals surface area contributed by atoms with E-state index in [1.54, 1.807) is 52.0 Å². The molecule has 1 aliphatic rings. The largest absolute Gasteiger partial charge is 0.484 e. The number of benzene rings is 2. The number of hydrogen-bond donors (Lipinski definition) is 0. The fraction of sp³-hybridized carbons (Fsp3) is 0.217. The lowest BCUT2D eigenvalue weighted by molar-refractivity contribution is -0.133. The van der Waals surface area contributed by atoms with Crippen LogP contribution in [0.2, 0.25) is 15.1 Å². The maximum atomic E-state index is 12.6. The zero-order valence-electron chi connectivity index (χ0n) is 17.9. The number of aromatic nitrogens is 4. The third-order valence-electron chi connectivity index (χ3n) is 5.54. The Kier molecular flexibility index (Phi) is 6.45. The average molecular weight is 518 g/mol. The first kappa shape index (κ1) is 22.7. The quantitative estimate of drug-likeness (QED) is 0.389. The van der Waals surface area contributed by atoms with Crippen molar-refractivity contribution < 1.29 is 9.53 Å². The number of carbonyl (C=O) groups is 1. The van der Waals surface area contributed by atoms with E-state index >= 15 is 0 Å². The Labute approximate surface area is 210 Å². The second kappa shape index (κ2) is 9.66. The maximum absolute atomic E-state index is 12.6. The smallest absolute Gasteiger partial charge is 0.260 e. The predicted octanol–water partition coefficient (Wildman–Crippen LogP) is 4.48. The average Bonchev–Trinajstić information content (AvgIpc) is 3.30. The summed E-state index contributed by atoms with van der Waals surface area (Å²) in [5, 5.41) is 6.24. The summed E-state index contributed by atoms with van der Waals surface area (Å²) in [5.74, 6) is 1.58. The van der Waals surface area contributed by atoms with Gasteiger partial charge in [0, 0.05) is 43.0 Å². The van der Waals surface area contributed by atoms with Crippen molar-refractivity contribution >= 4 is 52.4 Å². The molecule has 0 atom stereocenters. The Balaban J connectivity index is 1.25. The summed E-state index contributed by atoms with van der Waals surface area (Å²) < 4.78 is 7.27. The van der Waals surface area contributed by atoms with E-state index in [1.807, 2.05) is 17.0 Å². The number of nitrogens with zero attached hydrogens (tertiary/aromatic N) is 6. The van der Waals surface area contributed by atoms with E-state index in [0.29, 0.717) is 58.7 Å². The summed E-state index contributed by atoms with van der Waals surface area (Å²) in [6.07, 6.45) is 1.68. The summed E-state index contributed by atoms with van der Waals surface area (Å²) in [5.41, 5.74) is 1.66. The van der Waals surface area contributed by atoms with Gasteiger partial charge >= 0.3 is 0 Å². The molecular formula is C23H19Cl3N6O2. The van der Waals surface area contributed by atoms with Gasteiger partial charge in [0.15, 0.2) is 6.61 Å². The number of rotatable bonds is 5. The molecule has 1 amide bonds. The molecule has 8 nitrogen and oxygen atoms in total. The highest BCUT2D eigenvalue weighted by molar-refractivity contribution is 6.42. The lowest BCUT2D eigenvalue weighted by Crippen LogP contribution is -2.50. The lowest BCUT2D eigenvalue weighted by Gasteiger charge is -2.34. The maximum Gasteiger partial charge on any atom is 0.260 e. The molecule has 5 rings (SSSR count). The number of carbonyl (C=O) groups excluding carboxylic acids is 1. The number of halogens is 3. The summed E-state index contributed by atoms with van der Waals surface area (Å²) in [6.45, 7) is 2.28. The molecule has 0 bridgehead atoms. The zero-order chi connectivity index (χ0) is 23.7. The van der Waals surface area contributed by atoms with Crippen LogP contribution in [-0.4, -0.2) is 63.2 Å². The van der Waals surface area contributed by atoms with Crippen LogP contribution in [0.5, 0.6) is 5.75 Å². The topological polar surface area (TPSA) is 75.9 Å². The molecule has 3 heterocycles. The molecule has 0 aliphatic carbocycles. The van der Waals surface area contributed by atoms with Crippen LogP contribution in [0.25, 0.3) is 17.0 Å². The minimum absolute atomic E-state index is 0.0226. The van der Waals surface area contributed by atoms with Gasteiger partial charge in [0.1, 0.15) is 5.75 Å². The molecule has 2 aromatic heterocycles. The highest BCUT2D eigenvalue weighted by Crippen LogP contribution is 2.29. The van der Waals surface area contributed by atoms with Crippen molar-refractivity contribution in [1.29, 1.82) is 0 Å². The van der Waals surface area contributed by atoms with Gasteiger partial charge in [0.05, 0.1) is 15.7 Å². The van der Waals surface area contributed by atoms with Crippen molar-refractivity contribution in [3.8, 4) is 17.0 Å². The molecule has 1 aliphatic heterocycles. The molecule has 1 saturated heterocycles. The number of hydrogen-bond acceptors (Lipinski definition) is 6. The summed E-state index contributed by atoms with van der Waals surface area (Å²) in [6, 6.07) is 14.2. The fourth-order valence-corrected chi connectivity index (χ4v) is 4.14. The molecule has 11 heteroatoms. The standard InChI is InChI=1S/C23H19Cl3N6O2/c24-16-2-4-17(5-3-16)34-14-21(33)30-9-11-31(12-10-30)23-28-22-27-8-7-20(32(22)29-23)15-1-6-18(25)19(26)13-15/h1-8,13H,9-12,14H2. The Bertz CT molecular complexity index is 1340. The zero-order valence-corrected chi connectivity index (χ0v) is 20.1. The first-order valence-electron chi connectivity index (χ1n) is 10.6. The number of piperazine rings is 1. The van der Waals surface area contributed by atoms with Crippen molar-refractivity contribution in [3.63, 3.8) is 0 Å². The molecule has 0 saturated carbocycles. The Morgan fingerprint density at radius 2 is 1.71 bits per heavy atom. The number of fused-ring (bicyclic) bond motifs is 1. The molecule has 0 radical (unpaired) electrons. The van der Waals surface area contributed by atoms with Gasteiger partial charge in [-0.25, -0.2) is 4.98 Å². The van der Waals surface area contributed by atoms with Gasteiger partial charge in [-0.1, -0.05) is 40.9 Å². The van der Waals surface area contributed by atoms with E-state index in [4.69, 9.17) is 39.5 Å². The highest BCUT2D eigenvalue weighted by Gasteiger charge is 2.24. The van der Waals surface area contributed by atoms with E-state index < -0.39 is 0 Å². The van der Waals surface area contributed by atoms with Crippen LogP contribution in [0.1, 0.15) is 0 Å². The monoisotopic (exact) mass is 516 g/mol. The molecule has 1 fully saturated rings. The van der Waals surface area contributed by atoms with Gasteiger partial charge < -0.3 is 14.5 Å². The molecule has 0 unspecified atom stereocenters. The second-order valence-electron chi connectivity index (χ2n) is 7.69. The molecule has 0 N–H and O–H groups in total. The summed E-state index contributed by atoms with van der Waals surface area (Å²) >= 11 is 18.1. The lowest BCUT2D eigenvalue weighted by atomic mass is 10.1. The van der Waals surface area contributed by atoms with E-state index in [9.17, 15) is 4.79 Å². The SMILES string of the molecule is O=C(COc1ccc(Cl)cc1)N1CCN(c2nc3nccc(-c4ccc(Cl)c(Cl)c4)n3n2)CC1. The third-order valence-corrected chi connectivity index (χ3v) is 6.53. The Morgan fingerprint density at radius 1 is 0.941 bits per heavy atom. The van der Waals surface area contributed by atoms with Crippen molar-refractivity contribution in [2.24, 2.45) is 0 Å². The van der Waals surface area contributed by atoms with Gasteiger partial charge in [-0.15, -0.1) is 5.10 Å². The van der Waals surface area contributed by atoms with E-state index in [1.165, 1.54) is 0 Å². The van der Waals surface area contributed by atoms with Crippen LogP contribution in [-0.2, 0) is 4.79 Å². The van der Waals surface area contributed by atoms with Gasteiger partial charge in [0.25, 0.3) is 11.7 Å². The fourth-order valence-electron chi connectivity index (χ4n) is 3.71. The summed E-state index contributed by atoms with van der Waals surface area (Å²) in [7, 11) is 0. The molecular weight excluding hydrogens is 499 g/mol. The van der Waals surface area contributed by atoms with Crippen molar-refractivity contribution in [1.82, 2.24) is 24.5 Å². The second-order valence-corrected chi connectivity index (χ2v) is 8.94. The number of amides is 1. The minimum Gasteiger partial charge on any atom is -0.484 e. The van der Waals surface area contributed by atoms with Crippen molar-refractivity contribution in [3.05, 3.63) is 69.8 Å². The molecule has 4 aromatic rings. The van der Waals surface area contributed by atoms with E-state index in [0.717, 1.165) is 11.3 Å². The molecule has 174 valence electrons. The van der Waals surface area contributed by atoms with Crippen LogP contribution >= 0.6 is 34.8 Å². The first-order chi connectivity index (χ1) is 16.5. The molecule has 34 heavy (non-hydrogen) atoms. The minimum atomic E-state index is -0.0684. The molecule has 0 spiro atoms. The third kappa shape index (κ3) is 4.75. The van der Waals surface area contributed by atoms with Gasteiger partial charge in [-0.05, 0) is 42.5 Å². The number of anilines is 1. The normalized spacial score (nSPS) is 14.0.